The van der Waals surface area contributed by atoms with Crippen LogP contribution in [0.1, 0.15) is 55.2 Å². The molecule has 0 saturated heterocycles. The molecule has 0 aliphatic heterocycles. The number of aromatic nitrogens is 2. The average molecular weight is 422 g/mol. The topological polar surface area (TPSA) is 65.4 Å². The Labute approximate surface area is 184 Å². The highest BCUT2D eigenvalue weighted by atomic mass is 16.5. The fraction of sp³-hybridized carbons (Fsp3) is 0.360. The van der Waals surface area contributed by atoms with Crippen LogP contribution in [0.3, 0.4) is 0 Å². The van der Waals surface area contributed by atoms with E-state index in [4.69, 9.17) is 9.47 Å². The summed E-state index contributed by atoms with van der Waals surface area (Å²) in [6.45, 7) is 9.87. The second-order valence-electron chi connectivity index (χ2n) is 7.67. The van der Waals surface area contributed by atoms with E-state index in [2.05, 4.69) is 24.3 Å². The van der Waals surface area contributed by atoms with Crippen molar-refractivity contribution in [2.45, 2.75) is 40.3 Å². The van der Waals surface area contributed by atoms with E-state index in [0.29, 0.717) is 31.1 Å². The molecular formula is C25H31N3O3. The normalized spacial score (nSPS) is 11.9. The van der Waals surface area contributed by atoms with Gasteiger partial charge in [-0.25, -0.2) is 0 Å². The smallest absolute Gasteiger partial charge is 0.251 e. The van der Waals surface area contributed by atoms with E-state index in [-0.39, 0.29) is 17.9 Å². The van der Waals surface area contributed by atoms with Crippen LogP contribution in [-0.2, 0) is 6.54 Å². The van der Waals surface area contributed by atoms with E-state index in [1.807, 2.05) is 73.3 Å². The molecule has 0 radical (unpaired) electrons. The van der Waals surface area contributed by atoms with Gasteiger partial charge in [0.15, 0.2) is 11.5 Å². The maximum Gasteiger partial charge on any atom is 0.251 e. The molecular weight excluding hydrogens is 390 g/mol. The van der Waals surface area contributed by atoms with Gasteiger partial charge >= 0.3 is 0 Å². The van der Waals surface area contributed by atoms with E-state index >= 15 is 0 Å². The number of carbonyl (C=O) groups is 1. The molecule has 164 valence electrons. The Morgan fingerprint density at radius 3 is 2.35 bits per heavy atom. The second kappa shape index (κ2) is 10.7. The average Bonchev–Trinajstić information content (AvgIpc) is 3.27. The molecule has 6 heteroatoms. The highest BCUT2D eigenvalue weighted by molar-refractivity contribution is 5.94. The zero-order valence-electron chi connectivity index (χ0n) is 18.7. The Bertz CT molecular complexity index is 966. The Morgan fingerprint density at radius 2 is 1.74 bits per heavy atom. The summed E-state index contributed by atoms with van der Waals surface area (Å²) < 4.78 is 13.3. The highest BCUT2D eigenvalue weighted by Gasteiger charge is 2.21. The van der Waals surface area contributed by atoms with Gasteiger partial charge < -0.3 is 14.8 Å². The quantitative estimate of drug-likeness (QED) is 0.508. The van der Waals surface area contributed by atoms with E-state index in [9.17, 15) is 4.79 Å². The molecule has 0 aliphatic rings. The van der Waals surface area contributed by atoms with E-state index in [1.165, 1.54) is 0 Å². The van der Waals surface area contributed by atoms with Crippen LogP contribution in [0, 0.1) is 5.92 Å². The first-order valence-corrected chi connectivity index (χ1v) is 10.8. The maximum absolute atomic E-state index is 13.0. The van der Waals surface area contributed by atoms with Gasteiger partial charge in [-0.2, -0.15) is 5.10 Å². The van der Waals surface area contributed by atoms with E-state index in [1.54, 1.807) is 6.20 Å². The van der Waals surface area contributed by atoms with Gasteiger partial charge in [-0.3, -0.25) is 9.48 Å². The molecule has 6 nitrogen and oxygen atoms in total. The van der Waals surface area contributed by atoms with Crippen molar-refractivity contribution >= 4 is 5.91 Å². The Kier molecular flexibility index (Phi) is 7.70. The molecule has 31 heavy (non-hydrogen) atoms. The number of nitrogens with zero attached hydrogens (tertiary/aromatic N) is 2. The summed E-state index contributed by atoms with van der Waals surface area (Å²) >= 11 is 0. The van der Waals surface area contributed by atoms with Crippen LogP contribution in [0.4, 0.5) is 0 Å². The van der Waals surface area contributed by atoms with Crippen LogP contribution in [0.5, 0.6) is 11.5 Å². The van der Waals surface area contributed by atoms with Gasteiger partial charge in [-0.1, -0.05) is 32.0 Å². The lowest BCUT2D eigenvalue weighted by Crippen LogP contribution is -2.31. The molecule has 1 amide bonds. The first-order valence-electron chi connectivity index (χ1n) is 10.8. The van der Waals surface area contributed by atoms with Gasteiger partial charge in [0, 0.05) is 18.0 Å². The molecule has 1 atom stereocenters. The predicted molar refractivity (Wildman–Crippen MR) is 122 cm³/mol. The minimum Gasteiger partial charge on any atom is -0.490 e. The van der Waals surface area contributed by atoms with Crippen molar-refractivity contribution in [3.63, 3.8) is 0 Å². The molecule has 0 bridgehead atoms. The number of amides is 1. The van der Waals surface area contributed by atoms with Crippen molar-refractivity contribution in [1.29, 1.82) is 0 Å². The first-order chi connectivity index (χ1) is 15.0. The van der Waals surface area contributed by atoms with E-state index in [0.717, 1.165) is 16.9 Å². The minimum atomic E-state index is -0.147. The van der Waals surface area contributed by atoms with Crippen molar-refractivity contribution in [2.24, 2.45) is 5.92 Å². The largest absolute Gasteiger partial charge is 0.490 e. The number of nitrogens with one attached hydrogen (secondary N) is 1. The van der Waals surface area contributed by atoms with Gasteiger partial charge in [-0.05, 0) is 61.2 Å². The van der Waals surface area contributed by atoms with Gasteiger partial charge in [0.1, 0.15) is 0 Å². The van der Waals surface area contributed by atoms with Gasteiger partial charge in [0.2, 0.25) is 0 Å². The molecule has 0 fully saturated rings. The second-order valence-corrected chi connectivity index (χ2v) is 7.67. The van der Waals surface area contributed by atoms with Crippen molar-refractivity contribution in [3.05, 3.63) is 77.6 Å². The first kappa shape index (κ1) is 22.4. The molecule has 0 aliphatic carbocycles. The molecule has 1 unspecified atom stereocenters. The maximum atomic E-state index is 13.0. The Morgan fingerprint density at radius 1 is 1.03 bits per heavy atom. The van der Waals surface area contributed by atoms with Crippen LogP contribution >= 0.6 is 0 Å². The number of hydrogen-bond acceptors (Lipinski definition) is 4. The SMILES string of the molecule is CCOc1ccc(C(NC(=O)c2ccc(Cn3cccn3)cc2)C(C)C)cc1OCC. The fourth-order valence-corrected chi connectivity index (χ4v) is 3.46. The molecule has 2 aromatic carbocycles. The number of ether oxygens (including phenoxy) is 2. The molecule has 0 saturated carbocycles. The molecule has 3 rings (SSSR count). The summed E-state index contributed by atoms with van der Waals surface area (Å²) in [5.41, 5.74) is 2.71. The Balaban J connectivity index is 1.75. The van der Waals surface area contributed by atoms with Crippen molar-refractivity contribution < 1.29 is 14.3 Å². The standard InChI is InChI=1S/C25H31N3O3/c1-5-30-22-13-12-21(16-23(22)31-6-2)24(18(3)4)27-25(29)20-10-8-19(9-11-20)17-28-15-7-14-26-28/h7-16,18,24H,5-6,17H2,1-4H3,(H,27,29). The third-order valence-electron chi connectivity index (χ3n) is 5.00. The van der Waals surface area contributed by atoms with Gasteiger partial charge in [-0.15, -0.1) is 0 Å². The lowest BCUT2D eigenvalue weighted by atomic mass is 9.95. The number of benzene rings is 2. The van der Waals surface area contributed by atoms with Crippen LogP contribution in [0.15, 0.2) is 60.9 Å². The van der Waals surface area contributed by atoms with Crippen LogP contribution < -0.4 is 14.8 Å². The summed E-state index contributed by atoms with van der Waals surface area (Å²) in [7, 11) is 0. The fourth-order valence-electron chi connectivity index (χ4n) is 3.46. The minimum absolute atomic E-state index is 0.101. The summed E-state index contributed by atoms with van der Waals surface area (Å²) in [6.07, 6.45) is 3.67. The molecule has 1 N–H and O–H groups in total. The van der Waals surface area contributed by atoms with Crippen LogP contribution in [0.2, 0.25) is 0 Å². The number of hydrogen-bond donors (Lipinski definition) is 1. The summed E-state index contributed by atoms with van der Waals surface area (Å²) in [6, 6.07) is 15.3. The lowest BCUT2D eigenvalue weighted by Gasteiger charge is -2.24. The zero-order chi connectivity index (χ0) is 22.2. The summed E-state index contributed by atoms with van der Waals surface area (Å²) in [5.74, 6) is 1.52. The van der Waals surface area contributed by atoms with Crippen molar-refractivity contribution in [3.8, 4) is 11.5 Å². The van der Waals surface area contributed by atoms with Crippen molar-refractivity contribution in [1.82, 2.24) is 15.1 Å². The van der Waals surface area contributed by atoms with Gasteiger partial charge in [0.05, 0.1) is 25.8 Å². The van der Waals surface area contributed by atoms with Crippen LogP contribution in [0.25, 0.3) is 0 Å². The van der Waals surface area contributed by atoms with E-state index < -0.39 is 0 Å². The predicted octanol–water partition coefficient (Wildman–Crippen LogP) is 4.86. The zero-order valence-corrected chi connectivity index (χ0v) is 18.7. The van der Waals surface area contributed by atoms with Crippen LogP contribution in [-0.4, -0.2) is 28.9 Å². The lowest BCUT2D eigenvalue weighted by molar-refractivity contribution is 0.0925. The third kappa shape index (κ3) is 5.87. The van der Waals surface area contributed by atoms with Crippen molar-refractivity contribution in [2.75, 3.05) is 13.2 Å². The summed E-state index contributed by atoms with van der Waals surface area (Å²) in [5, 5.41) is 7.40. The molecule has 1 aromatic heterocycles. The number of carbonyl (C=O) groups excluding carboxylic acids is 1. The van der Waals surface area contributed by atoms with Gasteiger partial charge in [0.25, 0.3) is 5.91 Å². The monoisotopic (exact) mass is 421 g/mol. The Hall–Kier alpha value is -3.28. The summed E-state index contributed by atoms with van der Waals surface area (Å²) in [4.78, 5) is 13.0. The molecule has 3 aromatic rings. The molecule has 0 spiro atoms. The number of rotatable bonds is 10. The highest BCUT2D eigenvalue weighted by Crippen LogP contribution is 2.33. The molecule has 1 heterocycles. The third-order valence-corrected chi connectivity index (χ3v) is 5.00.